The van der Waals surface area contributed by atoms with Crippen molar-refractivity contribution in [2.24, 2.45) is 5.92 Å². The molecule has 0 bridgehead atoms. The summed E-state index contributed by atoms with van der Waals surface area (Å²) in [7, 11) is 3.38. The standard InChI is InChI=1S/C12H17BrO2/c1-9(8-13)6-10-7-11(14-2)4-5-12(10)15-3/h4-5,7,9H,6,8H2,1-3H3. The van der Waals surface area contributed by atoms with Crippen LogP contribution in [-0.2, 0) is 6.42 Å². The number of hydrogen-bond acceptors (Lipinski definition) is 2. The molecule has 2 nitrogen and oxygen atoms in total. The minimum absolute atomic E-state index is 0.589. The Hall–Kier alpha value is -0.700. The normalized spacial score (nSPS) is 12.3. The van der Waals surface area contributed by atoms with Crippen molar-refractivity contribution in [3.8, 4) is 11.5 Å². The number of halogens is 1. The lowest BCUT2D eigenvalue weighted by Crippen LogP contribution is -2.03. The molecular formula is C12H17BrO2. The van der Waals surface area contributed by atoms with Gasteiger partial charge >= 0.3 is 0 Å². The summed E-state index contributed by atoms with van der Waals surface area (Å²) in [6.07, 6.45) is 0.992. The predicted molar refractivity (Wildman–Crippen MR) is 66.2 cm³/mol. The Labute approximate surface area is 99.7 Å². The summed E-state index contributed by atoms with van der Waals surface area (Å²) in [6, 6.07) is 5.91. The summed E-state index contributed by atoms with van der Waals surface area (Å²) < 4.78 is 10.5. The Bertz CT molecular complexity index is 312. The van der Waals surface area contributed by atoms with Gasteiger partial charge in [0.2, 0.25) is 0 Å². The van der Waals surface area contributed by atoms with Crippen molar-refractivity contribution in [1.29, 1.82) is 0 Å². The molecule has 0 saturated heterocycles. The minimum Gasteiger partial charge on any atom is -0.497 e. The second-order valence-corrected chi connectivity index (χ2v) is 4.29. The van der Waals surface area contributed by atoms with Gasteiger partial charge in [0, 0.05) is 5.33 Å². The van der Waals surface area contributed by atoms with Crippen molar-refractivity contribution in [2.75, 3.05) is 19.5 Å². The van der Waals surface area contributed by atoms with Crippen molar-refractivity contribution in [2.45, 2.75) is 13.3 Å². The minimum atomic E-state index is 0.589. The van der Waals surface area contributed by atoms with Crippen molar-refractivity contribution in [1.82, 2.24) is 0 Å². The fraction of sp³-hybridized carbons (Fsp3) is 0.500. The lowest BCUT2D eigenvalue weighted by molar-refractivity contribution is 0.396. The topological polar surface area (TPSA) is 18.5 Å². The van der Waals surface area contributed by atoms with Crippen LogP contribution in [0.4, 0.5) is 0 Å². The van der Waals surface area contributed by atoms with Gasteiger partial charge in [-0.15, -0.1) is 0 Å². The third-order valence-corrected chi connectivity index (χ3v) is 3.42. The van der Waals surface area contributed by atoms with Crippen LogP contribution in [0.1, 0.15) is 12.5 Å². The van der Waals surface area contributed by atoms with E-state index in [4.69, 9.17) is 9.47 Å². The molecule has 0 aliphatic heterocycles. The first-order valence-corrected chi connectivity index (χ1v) is 6.10. The third-order valence-electron chi connectivity index (χ3n) is 2.32. The zero-order valence-electron chi connectivity index (χ0n) is 9.42. The Morgan fingerprint density at radius 3 is 2.53 bits per heavy atom. The molecule has 1 atom stereocenters. The van der Waals surface area contributed by atoms with Crippen molar-refractivity contribution in [3.63, 3.8) is 0 Å². The molecule has 1 unspecified atom stereocenters. The molecule has 1 aromatic rings. The molecule has 1 aromatic carbocycles. The fourth-order valence-corrected chi connectivity index (χ4v) is 1.70. The first-order valence-electron chi connectivity index (χ1n) is 4.98. The molecule has 1 rings (SSSR count). The molecule has 0 amide bonds. The van der Waals surface area contributed by atoms with E-state index >= 15 is 0 Å². The number of methoxy groups -OCH3 is 2. The molecule has 0 aliphatic carbocycles. The van der Waals surface area contributed by atoms with Crippen molar-refractivity contribution < 1.29 is 9.47 Å². The second kappa shape index (κ2) is 6.01. The molecule has 0 heterocycles. The molecule has 0 radical (unpaired) electrons. The van der Waals surface area contributed by atoms with E-state index in [2.05, 4.69) is 22.9 Å². The second-order valence-electron chi connectivity index (χ2n) is 3.64. The number of rotatable bonds is 5. The Kier molecular flexibility index (Phi) is 4.95. The zero-order valence-corrected chi connectivity index (χ0v) is 11.0. The maximum absolute atomic E-state index is 5.32. The van der Waals surface area contributed by atoms with E-state index in [1.165, 1.54) is 5.56 Å². The van der Waals surface area contributed by atoms with Gasteiger partial charge in [-0.3, -0.25) is 0 Å². The average molecular weight is 273 g/mol. The van der Waals surface area contributed by atoms with Crippen LogP contribution in [0.15, 0.2) is 18.2 Å². The predicted octanol–water partition coefficient (Wildman–Crippen LogP) is 3.28. The lowest BCUT2D eigenvalue weighted by Gasteiger charge is -2.13. The van der Waals surface area contributed by atoms with Crippen LogP contribution in [0.2, 0.25) is 0 Å². The fourth-order valence-electron chi connectivity index (χ4n) is 1.47. The third kappa shape index (κ3) is 3.42. The number of benzene rings is 1. The Morgan fingerprint density at radius 2 is 2.00 bits per heavy atom. The first-order chi connectivity index (χ1) is 7.21. The quantitative estimate of drug-likeness (QED) is 0.766. The lowest BCUT2D eigenvalue weighted by atomic mass is 10.0. The Morgan fingerprint density at radius 1 is 1.27 bits per heavy atom. The van der Waals surface area contributed by atoms with Crippen LogP contribution in [0.25, 0.3) is 0 Å². The summed E-state index contributed by atoms with van der Waals surface area (Å²) in [5.74, 6) is 2.40. The summed E-state index contributed by atoms with van der Waals surface area (Å²) in [5.41, 5.74) is 1.20. The Balaban J connectivity index is 2.90. The first kappa shape index (κ1) is 12.4. The van der Waals surface area contributed by atoms with Crippen LogP contribution in [0.5, 0.6) is 11.5 Å². The van der Waals surface area contributed by atoms with E-state index in [0.717, 1.165) is 23.2 Å². The van der Waals surface area contributed by atoms with E-state index in [0.29, 0.717) is 5.92 Å². The van der Waals surface area contributed by atoms with Crippen molar-refractivity contribution in [3.05, 3.63) is 23.8 Å². The number of ether oxygens (including phenoxy) is 2. The van der Waals surface area contributed by atoms with Crippen LogP contribution in [0.3, 0.4) is 0 Å². The van der Waals surface area contributed by atoms with E-state index in [1.54, 1.807) is 14.2 Å². The van der Waals surface area contributed by atoms with Gasteiger partial charge in [-0.1, -0.05) is 22.9 Å². The van der Waals surface area contributed by atoms with E-state index < -0.39 is 0 Å². The molecule has 84 valence electrons. The summed E-state index contributed by atoms with van der Waals surface area (Å²) in [5, 5.41) is 0.993. The van der Waals surface area contributed by atoms with Crippen LogP contribution in [-0.4, -0.2) is 19.5 Å². The van der Waals surface area contributed by atoms with Crippen molar-refractivity contribution >= 4 is 15.9 Å². The van der Waals surface area contributed by atoms with Gasteiger partial charge in [0.1, 0.15) is 11.5 Å². The SMILES string of the molecule is COc1ccc(OC)c(CC(C)CBr)c1. The summed E-state index contributed by atoms with van der Waals surface area (Å²) in [6.45, 7) is 2.20. The van der Waals surface area contributed by atoms with E-state index in [9.17, 15) is 0 Å². The highest BCUT2D eigenvalue weighted by Gasteiger charge is 2.08. The highest BCUT2D eigenvalue weighted by molar-refractivity contribution is 9.09. The highest BCUT2D eigenvalue weighted by Crippen LogP contribution is 2.26. The number of hydrogen-bond donors (Lipinski definition) is 0. The molecule has 0 spiro atoms. The molecule has 0 saturated carbocycles. The molecule has 0 aliphatic rings. The molecular weight excluding hydrogens is 256 g/mol. The summed E-state index contributed by atoms with van der Waals surface area (Å²) >= 11 is 3.48. The van der Waals surface area contributed by atoms with Crippen LogP contribution < -0.4 is 9.47 Å². The molecule has 15 heavy (non-hydrogen) atoms. The molecule has 0 fully saturated rings. The van der Waals surface area contributed by atoms with Gasteiger partial charge in [-0.2, -0.15) is 0 Å². The van der Waals surface area contributed by atoms with Gasteiger partial charge in [0.15, 0.2) is 0 Å². The highest BCUT2D eigenvalue weighted by atomic mass is 79.9. The van der Waals surface area contributed by atoms with Crippen LogP contribution >= 0.6 is 15.9 Å². The molecule has 0 N–H and O–H groups in total. The molecule has 3 heteroatoms. The largest absolute Gasteiger partial charge is 0.497 e. The van der Waals surface area contributed by atoms with Gasteiger partial charge < -0.3 is 9.47 Å². The zero-order chi connectivity index (χ0) is 11.3. The van der Waals surface area contributed by atoms with Crippen LogP contribution in [0, 0.1) is 5.92 Å². The average Bonchev–Trinajstić information content (AvgIpc) is 2.28. The maximum Gasteiger partial charge on any atom is 0.122 e. The smallest absolute Gasteiger partial charge is 0.122 e. The molecule has 0 aromatic heterocycles. The summed E-state index contributed by atoms with van der Waals surface area (Å²) in [4.78, 5) is 0. The van der Waals surface area contributed by atoms with Gasteiger partial charge in [-0.05, 0) is 36.1 Å². The van der Waals surface area contributed by atoms with Gasteiger partial charge in [-0.25, -0.2) is 0 Å². The van der Waals surface area contributed by atoms with Gasteiger partial charge in [0.25, 0.3) is 0 Å². The van der Waals surface area contributed by atoms with E-state index in [-0.39, 0.29) is 0 Å². The monoisotopic (exact) mass is 272 g/mol. The number of alkyl halides is 1. The maximum atomic E-state index is 5.32. The van der Waals surface area contributed by atoms with Gasteiger partial charge in [0.05, 0.1) is 14.2 Å². The van der Waals surface area contributed by atoms with E-state index in [1.807, 2.05) is 18.2 Å².